The predicted octanol–water partition coefficient (Wildman–Crippen LogP) is 5.18. The largest absolute Gasteiger partial charge is 0.354 e. The molecular formula is C29H34ClN3O4S. The SMILES string of the molecule is CCCCNC(=O)C(C)N(Cc1ccccc1Cl)C(=O)CN(c1cccc(C)c1)S(=O)(=O)c1ccccc1. The van der Waals surface area contributed by atoms with E-state index in [-0.39, 0.29) is 17.3 Å². The lowest BCUT2D eigenvalue weighted by molar-refractivity contribution is -0.139. The van der Waals surface area contributed by atoms with E-state index in [9.17, 15) is 18.0 Å². The van der Waals surface area contributed by atoms with Crippen molar-refractivity contribution in [3.05, 3.63) is 95.0 Å². The van der Waals surface area contributed by atoms with Crippen LogP contribution in [0.25, 0.3) is 0 Å². The molecule has 0 aliphatic carbocycles. The van der Waals surface area contributed by atoms with Crippen molar-refractivity contribution >= 4 is 39.1 Å². The average Bonchev–Trinajstić information content (AvgIpc) is 2.91. The van der Waals surface area contributed by atoms with Crippen molar-refractivity contribution in [3.63, 3.8) is 0 Å². The molecule has 38 heavy (non-hydrogen) atoms. The van der Waals surface area contributed by atoms with Crippen LogP contribution in [-0.2, 0) is 26.2 Å². The maximum Gasteiger partial charge on any atom is 0.264 e. The van der Waals surface area contributed by atoms with Crippen molar-refractivity contribution in [3.8, 4) is 0 Å². The Bertz CT molecular complexity index is 1350. The van der Waals surface area contributed by atoms with E-state index in [0.29, 0.717) is 22.8 Å². The Kier molecular flexibility index (Phi) is 10.3. The van der Waals surface area contributed by atoms with Crippen LogP contribution in [0, 0.1) is 6.92 Å². The first kappa shape index (κ1) is 29.2. The maximum atomic E-state index is 13.9. The lowest BCUT2D eigenvalue weighted by Gasteiger charge is -2.32. The number of amides is 2. The zero-order valence-electron chi connectivity index (χ0n) is 21.9. The minimum Gasteiger partial charge on any atom is -0.354 e. The van der Waals surface area contributed by atoms with Crippen molar-refractivity contribution < 1.29 is 18.0 Å². The summed E-state index contributed by atoms with van der Waals surface area (Å²) in [6, 6.07) is 21.2. The minimum absolute atomic E-state index is 0.0495. The molecule has 0 radical (unpaired) electrons. The van der Waals surface area contributed by atoms with Crippen LogP contribution in [-0.4, -0.2) is 44.3 Å². The normalized spacial score (nSPS) is 12.0. The average molecular weight is 556 g/mol. The van der Waals surface area contributed by atoms with E-state index < -0.39 is 28.5 Å². The Morgan fingerprint density at radius 1 is 0.974 bits per heavy atom. The van der Waals surface area contributed by atoms with Crippen LogP contribution in [0.15, 0.2) is 83.8 Å². The predicted molar refractivity (Wildman–Crippen MR) is 152 cm³/mol. The Morgan fingerprint density at radius 2 is 1.66 bits per heavy atom. The van der Waals surface area contributed by atoms with E-state index in [2.05, 4.69) is 5.32 Å². The van der Waals surface area contributed by atoms with Crippen molar-refractivity contribution in [2.24, 2.45) is 0 Å². The number of benzene rings is 3. The maximum absolute atomic E-state index is 13.9. The molecular weight excluding hydrogens is 522 g/mol. The van der Waals surface area contributed by atoms with E-state index in [4.69, 9.17) is 11.6 Å². The van der Waals surface area contributed by atoms with E-state index in [1.165, 1.54) is 17.0 Å². The van der Waals surface area contributed by atoms with Crippen LogP contribution in [0.2, 0.25) is 5.02 Å². The Morgan fingerprint density at radius 3 is 2.32 bits per heavy atom. The molecule has 0 fully saturated rings. The van der Waals surface area contributed by atoms with Gasteiger partial charge in [-0.2, -0.15) is 0 Å². The summed E-state index contributed by atoms with van der Waals surface area (Å²) in [6.45, 7) is 5.57. The van der Waals surface area contributed by atoms with Crippen LogP contribution in [0.4, 0.5) is 5.69 Å². The van der Waals surface area contributed by atoms with Crippen LogP contribution in [0.1, 0.15) is 37.8 Å². The highest BCUT2D eigenvalue weighted by molar-refractivity contribution is 7.92. The molecule has 0 spiro atoms. The molecule has 9 heteroatoms. The first-order valence-corrected chi connectivity index (χ1v) is 14.4. The number of aryl methyl sites for hydroxylation is 1. The second kappa shape index (κ2) is 13.4. The van der Waals surface area contributed by atoms with Crippen molar-refractivity contribution in [1.82, 2.24) is 10.2 Å². The molecule has 7 nitrogen and oxygen atoms in total. The molecule has 1 unspecified atom stereocenters. The monoisotopic (exact) mass is 555 g/mol. The number of unbranched alkanes of at least 4 members (excludes halogenated alkanes) is 1. The number of halogens is 1. The molecule has 0 aromatic heterocycles. The van der Waals surface area contributed by atoms with Gasteiger partial charge in [0.2, 0.25) is 11.8 Å². The fourth-order valence-corrected chi connectivity index (χ4v) is 5.58. The topological polar surface area (TPSA) is 86.8 Å². The summed E-state index contributed by atoms with van der Waals surface area (Å²) in [6.07, 6.45) is 1.73. The fraction of sp³-hybridized carbons (Fsp3) is 0.310. The van der Waals surface area contributed by atoms with Gasteiger partial charge in [-0.15, -0.1) is 0 Å². The summed E-state index contributed by atoms with van der Waals surface area (Å²) < 4.78 is 28.6. The summed E-state index contributed by atoms with van der Waals surface area (Å²) in [5, 5.41) is 3.32. The molecule has 3 aromatic carbocycles. The van der Waals surface area contributed by atoms with Gasteiger partial charge >= 0.3 is 0 Å². The van der Waals surface area contributed by atoms with Crippen LogP contribution >= 0.6 is 11.6 Å². The standard InChI is InChI=1S/C29H34ClN3O4S/c1-4-5-18-31-29(35)23(3)32(20-24-13-9-10-17-27(24)30)28(34)21-33(25-14-11-12-22(2)19-25)38(36,37)26-15-7-6-8-16-26/h6-17,19,23H,4-5,18,20-21H2,1-3H3,(H,31,35). The second-order valence-corrected chi connectivity index (χ2v) is 11.4. The van der Waals surface area contributed by atoms with Gasteiger partial charge in [-0.3, -0.25) is 13.9 Å². The van der Waals surface area contributed by atoms with E-state index in [0.717, 1.165) is 22.7 Å². The summed E-state index contributed by atoms with van der Waals surface area (Å²) in [5.41, 5.74) is 1.86. The van der Waals surface area contributed by atoms with Gasteiger partial charge in [-0.25, -0.2) is 8.42 Å². The molecule has 0 saturated heterocycles. The van der Waals surface area contributed by atoms with Crippen molar-refractivity contribution in [2.75, 3.05) is 17.4 Å². The van der Waals surface area contributed by atoms with Gasteiger partial charge in [-0.1, -0.05) is 73.5 Å². The molecule has 0 aliphatic rings. The number of nitrogens with one attached hydrogen (secondary N) is 1. The highest BCUT2D eigenvalue weighted by atomic mass is 35.5. The summed E-state index contributed by atoms with van der Waals surface area (Å²) >= 11 is 6.39. The smallest absolute Gasteiger partial charge is 0.264 e. The summed E-state index contributed by atoms with van der Waals surface area (Å²) in [7, 11) is -4.08. The Balaban J connectivity index is 2.00. The van der Waals surface area contributed by atoms with Crippen LogP contribution in [0.5, 0.6) is 0 Å². The van der Waals surface area contributed by atoms with Gasteiger partial charge in [0, 0.05) is 18.1 Å². The van der Waals surface area contributed by atoms with Gasteiger partial charge in [0.15, 0.2) is 0 Å². The summed E-state index contributed by atoms with van der Waals surface area (Å²) in [5.74, 6) is -0.837. The first-order valence-electron chi connectivity index (χ1n) is 12.6. The number of sulfonamides is 1. The number of carbonyl (C=O) groups excluding carboxylic acids is 2. The number of nitrogens with zero attached hydrogens (tertiary/aromatic N) is 2. The number of hydrogen-bond acceptors (Lipinski definition) is 4. The molecule has 0 aliphatic heterocycles. The fourth-order valence-electron chi connectivity index (χ4n) is 3.96. The molecule has 202 valence electrons. The van der Waals surface area contributed by atoms with E-state index in [1.807, 2.05) is 19.9 Å². The van der Waals surface area contributed by atoms with Gasteiger partial charge in [0.1, 0.15) is 12.6 Å². The lowest BCUT2D eigenvalue weighted by atomic mass is 10.1. The summed E-state index contributed by atoms with van der Waals surface area (Å²) in [4.78, 5) is 28.3. The van der Waals surface area contributed by atoms with Gasteiger partial charge in [0.25, 0.3) is 10.0 Å². The van der Waals surface area contributed by atoms with Crippen molar-refractivity contribution in [1.29, 1.82) is 0 Å². The lowest BCUT2D eigenvalue weighted by Crippen LogP contribution is -2.51. The van der Waals surface area contributed by atoms with Gasteiger partial charge in [0.05, 0.1) is 10.6 Å². The quantitative estimate of drug-likeness (QED) is 0.312. The molecule has 3 rings (SSSR count). The number of carbonyl (C=O) groups is 2. The van der Waals surface area contributed by atoms with Gasteiger partial charge in [-0.05, 0) is 61.7 Å². The number of hydrogen-bond donors (Lipinski definition) is 1. The van der Waals surface area contributed by atoms with E-state index in [1.54, 1.807) is 67.6 Å². The highest BCUT2D eigenvalue weighted by Crippen LogP contribution is 2.26. The van der Waals surface area contributed by atoms with Crippen LogP contribution in [0.3, 0.4) is 0 Å². The number of rotatable bonds is 12. The molecule has 1 atom stereocenters. The van der Waals surface area contributed by atoms with Crippen LogP contribution < -0.4 is 9.62 Å². The highest BCUT2D eigenvalue weighted by Gasteiger charge is 2.32. The third kappa shape index (κ3) is 7.36. The zero-order chi connectivity index (χ0) is 27.7. The Labute approximate surface area is 230 Å². The second-order valence-electron chi connectivity index (χ2n) is 9.10. The molecule has 0 bridgehead atoms. The molecule has 0 heterocycles. The molecule has 1 N–H and O–H groups in total. The van der Waals surface area contributed by atoms with Crippen molar-refractivity contribution in [2.45, 2.75) is 51.1 Å². The van der Waals surface area contributed by atoms with Gasteiger partial charge < -0.3 is 10.2 Å². The first-order chi connectivity index (χ1) is 18.1. The molecule has 0 saturated carbocycles. The number of anilines is 1. The molecule has 3 aromatic rings. The third-order valence-corrected chi connectivity index (χ3v) is 8.35. The Hall–Kier alpha value is -3.36. The zero-order valence-corrected chi connectivity index (χ0v) is 23.5. The third-order valence-electron chi connectivity index (χ3n) is 6.20. The molecule has 2 amide bonds. The minimum atomic E-state index is -4.08. The van der Waals surface area contributed by atoms with E-state index >= 15 is 0 Å².